The van der Waals surface area contributed by atoms with E-state index in [0.29, 0.717) is 0 Å². The van der Waals surface area contributed by atoms with Gasteiger partial charge in [0.1, 0.15) is 7.91 Å². The standard InChI is InChI=1S/B.4FH2O3P/c;4*1-5(2,3)4/h;4*(H2,2,3,4)/q+3;;;;/p-3. The summed E-state index contributed by atoms with van der Waals surface area (Å²) in [6.45, 7) is 0. The van der Waals surface area contributed by atoms with Crippen molar-refractivity contribution in [3.05, 3.63) is 0 Å². The molecule has 0 aromatic carbocycles. The van der Waals surface area contributed by atoms with Crippen molar-refractivity contribution in [2.24, 2.45) is 0 Å². The van der Waals surface area contributed by atoms with Crippen molar-refractivity contribution in [3.63, 3.8) is 0 Å². The van der Waals surface area contributed by atoms with Crippen LogP contribution in [0.25, 0.3) is 0 Å². The first-order chi connectivity index (χ1) is 8.00. The molecule has 0 aliphatic rings. The average Bonchev–Trinajstić information content (AvgIpc) is 1.62. The van der Waals surface area contributed by atoms with Crippen LogP contribution in [0.1, 0.15) is 0 Å². The van der Waals surface area contributed by atoms with E-state index < -0.39 is 31.6 Å². The van der Waals surface area contributed by atoms with Crippen LogP contribution in [0, 0.1) is 0 Å². The Kier molecular flexibility index (Phi) is 20.3. The molecular formula is H5BF4O12P4. The van der Waals surface area contributed by atoms with Gasteiger partial charge in [-0.15, -0.1) is 8.39 Å². The molecule has 128 valence electrons. The molecule has 21 heavy (non-hydrogen) atoms. The predicted octanol–water partition coefficient (Wildman–Crippen LogP) is -2.08. The normalized spacial score (nSPS) is 13.5. The maximum Gasteiger partial charge on any atom is 3.00 e. The third kappa shape index (κ3) is 46500. The molecule has 1 unspecified atom stereocenters. The number of hydrogen-bond acceptors (Lipinski definition) is 7. The Hall–Kier alpha value is 0.385. The third-order valence-corrected chi connectivity index (χ3v) is 0. The van der Waals surface area contributed by atoms with E-state index in [1.807, 2.05) is 0 Å². The van der Waals surface area contributed by atoms with Crippen molar-refractivity contribution in [1.29, 1.82) is 0 Å². The van der Waals surface area contributed by atoms with Gasteiger partial charge in [-0.05, 0) is 0 Å². The fourth-order valence-corrected chi connectivity index (χ4v) is 0. The smallest absolute Gasteiger partial charge is 0.786 e. The van der Waals surface area contributed by atoms with Crippen molar-refractivity contribution in [3.8, 4) is 0 Å². The summed E-state index contributed by atoms with van der Waals surface area (Å²) < 4.78 is 75.4. The Morgan fingerprint density at radius 2 is 0.619 bits per heavy atom. The quantitative estimate of drug-likeness (QED) is 0.165. The van der Waals surface area contributed by atoms with Crippen molar-refractivity contribution in [2.75, 3.05) is 0 Å². The molecule has 0 aliphatic heterocycles. The van der Waals surface area contributed by atoms with Crippen molar-refractivity contribution < 1.29 is 74.2 Å². The molecular weight excluding hydrogens is 403 g/mol. The monoisotopic (exact) mass is 408 g/mol. The van der Waals surface area contributed by atoms with Crippen LogP contribution < -0.4 is 14.7 Å². The predicted molar refractivity (Wildman–Crippen MR) is 51.7 cm³/mol. The van der Waals surface area contributed by atoms with Crippen LogP contribution in [0.4, 0.5) is 16.8 Å². The van der Waals surface area contributed by atoms with Crippen molar-refractivity contribution >= 4 is 40.0 Å². The molecule has 0 spiro atoms. The largest absolute Gasteiger partial charge is 3.00 e. The Balaban J connectivity index is -0.0000000533. The summed E-state index contributed by atoms with van der Waals surface area (Å²) in [6.07, 6.45) is 0. The third-order valence-electron chi connectivity index (χ3n) is 0. The molecule has 0 saturated carbocycles. The second-order valence-electron chi connectivity index (χ2n) is 1.83. The van der Waals surface area contributed by atoms with Crippen LogP contribution in [-0.2, 0) is 18.3 Å². The van der Waals surface area contributed by atoms with E-state index in [1.54, 1.807) is 0 Å². The molecule has 0 fully saturated rings. The van der Waals surface area contributed by atoms with Gasteiger partial charge in [-0.1, -0.05) is 0 Å². The number of hydrogen-bond donors (Lipinski definition) is 5. The first-order valence-corrected chi connectivity index (χ1v) is 8.86. The summed E-state index contributed by atoms with van der Waals surface area (Å²) >= 11 is 0. The molecule has 0 aromatic heterocycles. The van der Waals surface area contributed by atoms with Crippen molar-refractivity contribution in [2.45, 2.75) is 0 Å². The molecule has 0 amide bonds. The Morgan fingerprint density at radius 1 is 0.619 bits per heavy atom. The van der Waals surface area contributed by atoms with Crippen LogP contribution in [0.2, 0.25) is 0 Å². The van der Waals surface area contributed by atoms with Gasteiger partial charge in [0.25, 0.3) is 0 Å². The fraction of sp³-hybridized carbons (Fsp3) is 0. The van der Waals surface area contributed by atoms with E-state index in [0.717, 1.165) is 0 Å². The van der Waals surface area contributed by atoms with E-state index in [1.165, 1.54) is 0 Å². The first kappa shape index (κ1) is 33.1. The molecule has 5 N–H and O–H groups in total. The van der Waals surface area contributed by atoms with Crippen LogP contribution in [0.15, 0.2) is 0 Å². The minimum atomic E-state index is -5.64. The van der Waals surface area contributed by atoms with Gasteiger partial charge in [0, 0.05) is 0 Å². The van der Waals surface area contributed by atoms with E-state index in [2.05, 4.69) is 0 Å². The van der Waals surface area contributed by atoms with Crippen LogP contribution >= 0.6 is 31.6 Å². The fourth-order valence-electron chi connectivity index (χ4n) is 0. The zero-order valence-electron chi connectivity index (χ0n) is 8.97. The molecule has 0 aliphatic carbocycles. The minimum Gasteiger partial charge on any atom is -0.786 e. The summed E-state index contributed by atoms with van der Waals surface area (Å²) in [5.74, 6) is 0. The maximum atomic E-state index is 10.4. The van der Waals surface area contributed by atoms with Gasteiger partial charge >= 0.3 is 32.1 Å². The van der Waals surface area contributed by atoms with Crippen LogP contribution in [0.3, 0.4) is 0 Å². The first-order valence-electron chi connectivity index (χ1n) is 2.95. The molecule has 0 rings (SSSR count). The zero-order valence-corrected chi connectivity index (χ0v) is 12.5. The number of rotatable bonds is 0. The summed E-state index contributed by atoms with van der Waals surface area (Å²) in [7, 11) is -21.3. The molecule has 0 heterocycles. The Bertz CT molecular complexity index is 298. The summed E-state index contributed by atoms with van der Waals surface area (Å²) in [4.78, 5) is 60.1. The van der Waals surface area contributed by atoms with Gasteiger partial charge in [0.2, 0.25) is 0 Å². The molecule has 21 heteroatoms. The molecule has 0 saturated heterocycles. The van der Waals surface area contributed by atoms with Gasteiger partial charge in [-0.2, -0.15) is 4.20 Å². The van der Waals surface area contributed by atoms with Crippen LogP contribution in [-0.4, -0.2) is 32.9 Å². The SMILES string of the molecule is O=P(O)(O)F.O=P(O)(O)F.O=P([O-])(O)F.O=P([O-])([O-])F.[B+3]. The maximum absolute atomic E-state index is 10.4. The number of halogens is 4. The molecule has 12 nitrogen and oxygen atoms in total. The van der Waals surface area contributed by atoms with Gasteiger partial charge in [-0.3, -0.25) is 24.1 Å². The van der Waals surface area contributed by atoms with Crippen molar-refractivity contribution in [1.82, 2.24) is 0 Å². The summed E-state index contributed by atoms with van der Waals surface area (Å²) in [6, 6.07) is 0. The molecule has 1 atom stereocenters. The summed E-state index contributed by atoms with van der Waals surface area (Å²) in [5, 5.41) is 0. The van der Waals surface area contributed by atoms with E-state index in [9.17, 15) is 16.8 Å². The van der Waals surface area contributed by atoms with Gasteiger partial charge in [0.15, 0.2) is 0 Å². The topological polar surface area (TPSA) is 239 Å². The average molecular weight is 408 g/mol. The molecule has 0 aromatic rings. The van der Waals surface area contributed by atoms with E-state index in [-0.39, 0.29) is 8.41 Å². The zero-order chi connectivity index (χ0) is 18.0. The molecule has 0 bridgehead atoms. The second kappa shape index (κ2) is 12.9. The summed E-state index contributed by atoms with van der Waals surface area (Å²) in [5.41, 5.74) is 0. The Morgan fingerprint density at radius 3 is 0.619 bits per heavy atom. The molecule has 0 radical (unpaired) electrons. The van der Waals surface area contributed by atoms with Gasteiger partial charge < -0.3 is 24.1 Å². The van der Waals surface area contributed by atoms with Gasteiger partial charge in [0.05, 0.1) is 0 Å². The second-order valence-corrected chi connectivity index (χ2v) is 5.48. The minimum absolute atomic E-state index is 0. The van der Waals surface area contributed by atoms with Crippen LogP contribution in [0.5, 0.6) is 0 Å². The van der Waals surface area contributed by atoms with Gasteiger partial charge in [-0.25, -0.2) is 13.3 Å². The van der Waals surface area contributed by atoms with E-state index >= 15 is 0 Å². The van der Waals surface area contributed by atoms with E-state index in [4.69, 9.17) is 57.4 Å². The Labute approximate surface area is 115 Å².